The first-order chi connectivity index (χ1) is 8.15. The molecule has 0 aliphatic rings. The Kier molecular flexibility index (Phi) is 2.99. The van der Waals surface area contributed by atoms with Crippen molar-refractivity contribution in [1.82, 2.24) is 10.2 Å². The molecule has 0 amide bonds. The van der Waals surface area contributed by atoms with Crippen LogP contribution < -0.4 is 4.74 Å². The smallest absolute Gasteiger partial charge is 0.393 e. The van der Waals surface area contributed by atoms with Crippen molar-refractivity contribution in [3.63, 3.8) is 0 Å². The highest BCUT2D eigenvalue weighted by Crippen LogP contribution is 2.13. The lowest BCUT2D eigenvalue weighted by atomic mass is 10.3. The Hall–Kier alpha value is -2.44. The van der Waals surface area contributed by atoms with E-state index in [4.69, 9.17) is 14.3 Å². The standard InChI is InChI=1S/C10H7FN2O4/c11-6-1-3-7(4-2-6)16-5-8-12-13-9(17-8)10(14)15/h1-4H,5H2,(H,14,15). The number of benzene rings is 1. The van der Waals surface area contributed by atoms with Gasteiger partial charge in [0.05, 0.1) is 0 Å². The lowest BCUT2D eigenvalue weighted by Gasteiger charge is -2.01. The third-order valence-corrected chi connectivity index (χ3v) is 1.83. The van der Waals surface area contributed by atoms with Crippen LogP contribution in [0.4, 0.5) is 4.39 Å². The Bertz CT molecular complexity index is 523. The fourth-order valence-electron chi connectivity index (χ4n) is 1.07. The first kappa shape index (κ1) is 11.1. The SMILES string of the molecule is O=C(O)c1nnc(COc2ccc(F)cc2)o1. The van der Waals surface area contributed by atoms with Gasteiger partial charge in [-0.05, 0) is 24.3 Å². The molecule has 1 aromatic heterocycles. The van der Waals surface area contributed by atoms with Gasteiger partial charge in [-0.2, -0.15) is 0 Å². The molecule has 0 fully saturated rings. The zero-order chi connectivity index (χ0) is 12.3. The monoisotopic (exact) mass is 238 g/mol. The molecule has 6 nitrogen and oxygen atoms in total. The van der Waals surface area contributed by atoms with Gasteiger partial charge in [0.15, 0.2) is 6.61 Å². The van der Waals surface area contributed by atoms with E-state index in [9.17, 15) is 9.18 Å². The fraction of sp³-hybridized carbons (Fsp3) is 0.100. The summed E-state index contributed by atoms with van der Waals surface area (Å²) in [6.07, 6.45) is 0. The quantitative estimate of drug-likeness (QED) is 0.868. The number of hydrogen-bond acceptors (Lipinski definition) is 5. The van der Waals surface area contributed by atoms with Crippen LogP contribution in [0, 0.1) is 5.82 Å². The first-order valence-electron chi connectivity index (χ1n) is 4.59. The van der Waals surface area contributed by atoms with Gasteiger partial charge in [0.2, 0.25) is 0 Å². The van der Waals surface area contributed by atoms with Gasteiger partial charge in [-0.15, -0.1) is 10.2 Å². The molecule has 0 aliphatic carbocycles. The maximum Gasteiger partial charge on any atom is 0.393 e. The van der Waals surface area contributed by atoms with Crippen LogP contribution in [0.1, 0.15) is 16.6 Å². The first-order valence-corrected chi connectivity index (χ1v) is 4.59. The summed E-state index contributed by atoms with van der Waals surface area (Å²) in [5, 5.41) is 15.3. The van der Waals surface area contributed by atoms with E-state index >= 15 is 0 Å². The summed E-state index contributed by atoms with van der Waals surface area (Å²) in [6, 6.07) is 5.35. The Morgan fingerprint density at radius 2 is 2.06 bits per heavy atom. The van der Waals surface area contributed by atoms with Crippen molar-refractivity contribution >= 4 is 5.97 Å². The average Bonchev–Trinajstić information content (AvgIpc) is 2.77. The number of aromatic nitrogens is 2. The average molecular weight is 238 g/mol. The summed E-state index contributed by atoms with van der Waals surface area (Å²) in [5.74, 6) is -1.72. The minimum atomic E-state index is -1.30. The van der Waals surface area contributed by atoms with Crippen LogP contribution in [0.2, 0.25) is 0 Å². The van der Waals surface area contributed by atoms with Crippen molar-refractivity contribution in [3.05, 3.63) is 41.9 Å². The van der Waals surface area contributed by atoms with Crippen LogP contribution in [0.5, 0.6) is 5.75 Å². The predicted molar refractivity (Wildman–Crippen MR) is 52.0 cm³/mol. The lowest BCUT2D eigenvalue weighted by molar-refractivity contribution is 0.0649. The van der Waals surface area contributed by atoms with E-state index in [2.05, 4.69) is 10.2 Å². The molecule has 17 heavy (non-hydrogen) atoms. The van der Waals surface area contributed by atoms with Gasteiger partial charge in [0.1, 0.15) is 11.6 Å². The van der Waals surface area contributed by atoms with E-state index in [1.54, 1.807) is 0 Å². The van der Waals surface area contributed by atoms with Crippen LogP contribution in [-0.4, -0.2) is 21.3 Å². The van der Waals surface area contributed by atoms with E-state index in [0.717, 1.165) is 0 Å². The van der Waals surface area contributed by atoms with E-state index in [1.165, 1.54) is 24.3 Å². The minimum Gasteiger partial charge on any atom is -0.484 e. The van der Waals surface area contributed by atoms with Crippen molar-refractivity contribution in [2.75, 3.05) is 0 Å². The van der Waals surface area contributed by atoms with Crippen LogP contribution in [0.15, 0.2) is 28.7 Å². The molecule has 2 rings (SSSR count). The number of rotatable bonds is 4. The topological polar surface area (TPSA) is 85.5 Å². The van der Waals surface area contributed by atoms with E-state index in [0.29, 0.717) is 5.75 Å². The second kappa shape index (κ2) is 4.60. The number of carboxylic acids is 1. The molecule has 1 aromatic carbocycles. The second-order valence-corrected chi connectivity index (χ2v) is 3.05. The number of ether oxygens (including phenoxy) is 1. The highest BCUT2D eigenvalue weighted by atomic mass is 19.1. The predicted octanol–water partition coefficient (Wildman–Crippen LogP) is 1.49. The summed E-state index contributed by atoms with van der Waals surface area (Å²) >= 11 is 0. The van der Waals surface area contributed by atoms with E-state index < -0.39 is 11.9 Å². The molecule has 0 radical (unpaired) electrons. The van der Waals surface area contributed by atoms with Gasteiger partial charge in [0.25, 0.3) is 5.89 Å². The third-order valence-electron chi connectivity index (χ3n) is 1.83. The molecule has 0 saturated heterocycles. The summed E-state index contributed by atoms with van der Waals surface area (Å²) in [4.78, 5) is 10.4. The summed E-state index contributed by atoms with van der Waals surface area (Å²) in [5.41, 5.74) is 0. The van der Waals surface area contributed by atoms with Crippen molar-refractivity contribution < 1.29 is 23.4 Å². The van der Waals surface area contributed by atoms with Crippen LogP contribution in [0.3, 0.4) is 0 Å². The van der Waals surface area contributed by atoms with Gasteiger partial charge in [-0.3, -0.25) is 0 Å². The number of carbonyl (C=O) groups is 1. The normalized spacial score (nSPS) is 10.2. The maximum absolute atomic E-state index is 12.6. The lowest BCUT2D eigenvalue weighted by Crippen LogP contribution is -1.96. The molecule has 0 unspecified atom stereocenters. The Morgan fingerprint density at radius 3 is 2.65 bits per heavy atom. The molecule has 1 heterocycles. The molecule has 0 aliphatic heterocycles. The van der Waals surface area contributed by atoms with Gasteiger partial charge >= 0.3 is 11.9 Å². The highest BCUT2D eigenvalue weighted by molar-refractivity contribution is 5.81. The number of aromatic carboxylic acids is 1. The van der Waals surface area contributed by atoms with Crippen molar-refractivity contribution in [1.29, 1.82) is 0 Å². The zero-order valence-corrected chi connectivity index (χ0v) is 8.46. The van der Waals surface area contributed by atoms with Crippen molar-refractivity contribution in [2.24, 2.45) is 0 Å². The summed E-state index contributed by atoms with van der Waals surface area (Å²) in [7, 11) is 0. The number of halogens is 1. The fourth-order valence-corrected chi connectivity index (χ4v) is 1.07. The largest absolute Gasteiger partial charge is 0.484 e. The maximum atomic E-state index is 12.6. The number of hydrogen-bond donors (Lipinski definition) is 1. The molecule has 7 heteroatoms. The highest BCUT2D eigenvalue weighted by Gasteiger charge is 2.12. The van der Waals surface area contributed by atoms with Gasteiger partial charge in [-0.1, -0.05) is 0 Å². The molecule has 0 bridgehead atoms. The molecule has 2 aromatic rings. The van der Waals surface area contributed by atoms with Crippen LogP contribution in [0.25, 0.3) is 0 Å². The molecular formula is C10H7FN2O4. The van der Waals surface area contributed by atoms with Gasteiger partial charge in [-0.25, -0.2) is 9.18 Å². The van der Waals surface area contributed by atoms with E-state index in [-0.39, 0.29) is 18.3 Å². The molecule has 1 N–H and O–H groups in total. The van der Waals surface area contributed by atoms with E-state index in [1.807, 2.05) is 0 Å². The Labute approximate surface area is 94.7 Å². The van der Waals surface area contributed by atoms with Gasteiger partial charge < -0.3 is 14.3 Å². The molecule has 0 spiro atoms. The van der Waals surface area contributed by atoms with Crippen LogP contribution >= 0.6 is 0 Å². The van der Waals surface area contributed by atoms with Crippen molar-refractivity contribution in [3.8, 4) is 5.75 Å². The Balaban J connectivity index is 1.97. The van der Waals surface area contributed by atoms with Crippen LogP contribution in [-0.2, 0) is 6.61 Å². The second-order valence-electron chi connectivity index (χ2n) is 3.05. The van der Waals surface area contributed by atoms with Gasteiger partial charge in [0, 0.05) is 0 Å². The van der Waals surface area contributed by atoms with Crippen molar-refractivity contribution in [2.45, 2.75) is 6.61 Å². The molecule has 0 saturated carbocycles. The zero-order valence-electron chi connectivity index (χ0n) is 8.46. The Morgan fingerprint density at radius 1 is 1.35 bits per heavy atom. The molecule has 88 valence electrons. The third kappa shape index (κ3) is 2.77. The number of carboxylic acid groups (broad SMARTS) is 1. The minimum absolute atomic E-state index is 0.0340. The molecular weight excluding hydrogens is 231 g/mol. The summed E-state index contributed by atoms with van der Waals surface area (Å²) in [6.45, 7) is -0.0775. The number of nitrogens with zero attached hydrogens (tertiary/aromatic N) is 2. The summed E-state index contributed by atoms with van der Waals surface area (Å²) < 4.78 is 22.5. The molecule has 0 atom stereocenters.